The average molecular weight is 344 g/mol. The maximum atomic E-state index is 13.8. The summed E-state index contributed by atoms with van der Waals surface area (Å²) in [4.78, 5) is 12.3. The Hall–Kier alpha value is -3.42. The summed E-state index contributed by atoms with van der Waals surface area (Å²) in [6.07, 6.45) is 1.42. The summed E-state index contributed by atoms with van der Waals surface area (Å²) < 4.78 is 32.6. The summed E-state index contributed by atoms with van der Waals surface area (Å²) in [7, 11) is 1.42. The molecule has 3 N–H and O–H groups in total. The van der Waals surface area contributed by atoms with Crippen molar-refractivity contribution in [3.63, 3.8) is 0 Å². The van der Waals surface area contributed by atoms with Gasteiger partial charge in [0.05, 0.1) is 11.9 Å². The zero-order valence-electron chi connectivity index (χ0n) is 13.2. The number of benzene rings is 2. The first-order chi connectivity index (χ1) is 11.9. The van der Waals surface area contributed by atoms with Crippen LogP contribution in [0.3, 0.4) is 0 Å². The summed E-state index contributed by atoms with van der Waals surface area (Å²) in [5.74, 6) is -0.472. The van der Waals surface area contributed by atoms with Crippen LogP contribution in [-0.4, -0.2) is 23.3 Å². The van der Waals surface area contributed by atoms with Crippen molar-refractivity contribution in [3.8, 4) is 22.8 Å². The fourth-order valence-electron chi connectivity index (χ4n) is 2.23. The molecule has 0 aliphatic heterocycles. The molecule has 0 atom stereocenters. The van der Waals surface area contributed by atoms with Gasteiger partial charge in [0, 0.05) is 24.7 Å². The van der Waals surface area contributed by atoms with E-state index in [0.29, 0.717) is 17.0 Å². The van der Waals surface area contributed by atoms with E-state index < -0.39 is 11.8 Å². The Morgan fingerprint density at radius 1 is 1.16 bits per heavy atom. The first-order valence-electron chi connectivity index (χ1n) is 7.25. The number of hydrogen-bond donors (Lipinski definition) is 2. The number of H-pyrrole nitrogens is 1. The second-order valence-electron chi connectivity index (χ2n) is 5.26. The Kier molecular flexibility index (Phi) is 4.34. The molecule has 0 saturated heterocycles. The molecule has 0 unspecified atom stereocenters. The highest BCUT2D eigenvalue weighted by atomic mass is 19.1. The number of carbonyl (C=O) groups excluding carboxylic acids is 1. The molecule has 128 valence electrons. The summed E-state index contributed by atoms with van der Waals surface area (Å²) >= 11 is 0. The molecule has 0 bridgehead atoms. The summed E-state index contributed by atoms with van der Waals surface area (Å²) in [5, 5.41) is 6.66. The lowest BCUT2D eigenvalue weighted by Gasteiger charge is -2.16. The van der Waals surface area contributed by atoms with Gasteiger partial charge in [-0.25, -0.2) is 13.6 Å². The van der Waals surface area contributed by atoms with Crippen LogP contribution in [0.1, 0.15) is 0 Å². The number of hydrogen-bond acceptors (Lipinski definition) is 3. The lowest BCUT2D eigenvalue weighted by atomic mass is 10.1. The number of amides is 2. The lowest BCUT2D eigenvalue weighted by Crippen LogP contribution is -2.31. The van der Waals surface area contributed by atoms with E-state index in [0.717, 1.165) is 11.0 Å². The van der Waals surface area contributed by atoms with Gasteiger partial charge in [-0.3, -0.25) is 10.00 Å². The Balaban J connectivity index is 1.92. The molecule has 1 aromatic heterocycles. The molecular weight excluding hydrogens is 330 g/mol. The number of ether oxygens (including phenoxy) is 1. The first-order valence-corrected chi connectivity index (χ1v) is 7.25. The third kappa shape index (κ3) is 3.57. The number of carbonyl (C=O) groups is 1. The second-order valence-corrected chi connectivity index (χ2v) is 5.26. The van der Waals surface area contributed by atoms with E-state index in [-0.39, 0.29) is 17.3 Å². The number of urea groups is 1. The van der Waals surface area contributed by atoms with Gasteiger partial charge in [-0.1, -0.05) is 0 Å². The Bertz CT molecular complexity index is 909. The van der Waals surface area contributed by atoms with Crippen LogP contribution in [0.25, 0.3) is 11.3 Å². The highest BCUT2D eigenvalue weighted by Gasteiger charge is 2.14. The predicted molar refractivity (Wildman–Crippen MR) is 88.4 cm³/mol. The number of halogens is 2. The maximum absolute atomic E-state index is 13.8. The average Bonchev–Trinajstić information content (AvgIpc) is 3.02. The largest absolute Gasteiger partial charge is 0.453 e. The first kappa shape index (κ1) is 16.4. The fourth-order valence-corrected chi connectivity index (χ4v) is 2.23. The molecule has 25 heavy (non-hydrogen) atoms. The zero-order valence-corrected chi connectivity index (χ0v) is 13.2. The van der Waals surface area contributed by atoms with Crippen molar-refractivity contribution in [2.75, 3.05) is 11.9 Å². The molecule has 0 aliphatic rings. The van der Waals surface area contributed by atoms with Crippen molar-refractivity contribution in [1.82, 2.24) is 10.2 Å². The minimum atomic E-state index is -0.730. The lowest BCUT2D eigenvalue weighted by molar-refractivity contribution is 0.255. The third-order valence-electron chi connectivity index (χ3n) is 3.54. The van der Waals surface area contributed by atoms with Crippen molar-refractivity contribution in [1.29, 1.82) is 0 Å². The minimum Gasteiger partial charge on any atom is -0.453 e. The maximum Gasteiger partial charge on any atom is 0.318 e. The molecule has 0 aliphatic carbocycles. The Morgan fingerprint density at radius 2 is 1.88 bits per heavy atom. The normalized spacial score (nSPS) is 10.5. The van der Waals surface area contributed by atoms with E-state index in [1.807, 2.05) is 0 Å². The number of aromatic nitrogens is 2. The van der Waals surface area contributed by atoms with Crippen LogP contribution in [0, 0.1) is 11.6 Å². The van der Waals surface area contributed by atoms with Crippen LogP contribution >= 0.6 is 0 Å². The van der Waals surface area contributed by atoms with Gasteiger partial charge >= 0.3 is 6.03 Å². The van der Waals surface area contributed by atoms with E-state index in [9.17, 15) is 13.6 Å². The fraction of sp³-hybridized carbons (Fsp3) is 0.0588. The molecule has 1 heterocycles. The number of nitrogens with one attached hydrogen (secondary N) is 1. The minimum absolute atomic E-state index is 0.160. The van der Waals surface area contributed by atoms with Crippen molar-refractivity contribution in [3.05, 3.63) is 60.3 Å². The molecule has 3 rings (SSSR count). The third-order valence-corrected chi connectivity index (χ3v) is 3.54. The summed E-state index contributed by atoms with van der Waals surface area (Å²) in [6, 6.07) is 8.81. The van der Waals surface area contributed by atoms with Gasteiger partial charge in [0.15, 0.2) is 5.75 Å². The van der Waals surface area contributed by atoms with Gasteiger partial charge in [-0.15, -0.1) is 0 Å². The Labute approximate surface area is 141 Å². The number of primary amides is 1. The van der Waals surface area contributed by atoms with Gasteiger partial charge in [-0.05, 0) is 30.3 Å². The molecule has 0 saturated carbocycles. The van der Waals surface area contributed by atoms with Crippen molar-refractivity contribution in [2.24, 2.45) is 5.73 Å². The number of rotatable bonds is 4. The van der Waals surface area contributed by atoms with E-state index in [2.05, 4.69) is 10.2 Å². The van der Waals surface area contributed by atoms with Crippen molar-refractivity contribution < 1.29 is 18.3 Å². The van der Waals surface area contributed by atoms with Crippen molar-refractivity contribution >= 4 is 11.7 Å². The predicted octanol–water partition coefficient (Wildman–Crippen LogP) is 3.66. The zero-order chi connectivity index (χ0) is 18.0. The van der Waals surface area contributed by atoms with Crippen LogP contribution in [0.5, 0.6) is 11.5 Å². The molecule has 0 fully saturated rings. The van der Waals surface area contributed by atoms with Gasteiger partial charge in [0.25, 0.3) is 0 Å². The van der Waals surface area contributed by atoms with Crippen LogP contribution in [0.15, 0.2) is 48.7 Å². The summed E-state index contributed by atoms with van der Waals surface area (Å²) in [5.41, 5.74) is 6.60. The smallest absolute Gasteiger partial charge is 0.318 e. The van der Waals surface area contributed by atoms with Crippen LogP contribution in [0.4, 0.5) is 19.3 Å². The standard InChI is InChI=1S/C17H14F2N4O2/c1-23(17(20)24)13-6-12(19)7-14(8-13)25-15-9-21-22-16(15)10-2-4-11(18)5-3-10/h2-9H,1H3,(H2,20,24)(H,21,22). The Morgan fingerprint density at radius 3 is 2.56 bits per heavy atom. The molecule has 3 aromatic rings. The number of nitrogens with zero attached hydrogens (tertiary/aromatic N) is 2. The number of aromatic amines is 1. The van der Waals surface area contributed by atoms with Crippen molar-refractivity contribution in [2.45, 2.75) is 0 Å². The van der Waals surface area contributed by atoms with Gasteiger partial charge in [0.2, 0.25) is 0 Å². The van der Waals surface area contributed by atoms with Crippen LogP contribution in [0.2, 0.25) is 0 Å². The monoisotopic (exact) mass is 344 g/mol. The molecule has 2 aromatic carbocycles. The van der Waals surface area contributed by atoms with E-state index in [1.165, 1.54) is 37.5 Å². The quantitative estimate of drug-likeness (QED) is 0.757. The van der Waals surface area contributed by atoms with Crippen LogP contribution < -0.4 is 15.4 Å². The van der Waals surface area contributed by atoms with Gasteiger partial charge < -0.3 is 10.5 Å². The SMILES string of the molecule is CN(C(N)=O)c1cc(F)cc(Oc2cn[nH]c2-c2ccc(F)cc2)c1. The summed E-state index contributed by atoms with van der Waals surface area (Å²) in [6.45, 7) is 0. The molecule has 0 spiro atoms. The highest BCUT2D eigenvalue weighted by molar-refractivity contribution is 5.90. The second kappa shape index (κ2) is 6.60. The molecule has 2 amide bonds. The number of nitrogens with two attached hydrogens (primary N) is 1. The van der Waals surface area contributed by atoms with E-state index in [1.54, 1.807) is 12.1 Å². The van der Waals surface area contributed by atoms with E-state index >= 15 is 0 Å². The highest BCUT2D eigenvalue weighted by Crippen LogP contribution is 2.33. The van der Waals surface area contributed by atoms with E-state index in [4.69, 9.17) is 10.5 Å². The number of anilines is 1. The van der Waals surface area contributed by atoms with Crippen LogP contribution in [-0.2, 0) is 0 Å². The van der Waals surface area contributed by atoms with Gasteiger partial charge in [-0.2, -0.15) is 5.10 Å². The molecular formula is C17H14F2N4O2. The molecule has 8 heteroatoms. The molecule has 6 nitrogen and oxygen atoms in total. The van der Waals surface area contributed by atoms with Gasteiger partial charge in [0.1, 0.15) is 23.1 Å². The molecule has 0 radical (unpaired) electrons. The topological polar surface area (TPSA) is 84.2 Å².